The van der Waals surface area contributed by atoms with Gasteiger partial charge in [0, 0.05) is 24.5 Å². The van der Waals surface area contributed by atoms with E-state index in [1.807, 2.05) is 12.3 Å². The lowest BCUT2D eigenvalue weighted by Gasteiger charge is -2.19. The van der Waals surface area contributed by atoms with E-state index in [9.17, 15) is 13.2 Å². The molecule has 0 fully saturated rings. The van der Waals surface area contributed by atoms with Crippen LogP contribution in [0.3, 0.4) is 0 Å². The Morgan fingerprint density at radius 2 is 2.04 bits per heavy atom. The standard InChI is InChI=1S/C18H23N3O4S2/c1-4-21(5-2)27(23,24)15-8-9-17(25-6-3)16(11-15)20-18(22)10-7-14-12-26-13-19-14/h7-13H,4-6H2,1-3H3,(H,20,22)/b10-7+. The number of aromatic nitrogens is 1. The first-order valence-electron chi connectivity index (χ1n) is 8.56. The van der Waals surface area contributed by atoms with Gasteiger partial charge in [0.2, 0.25) is 15.9 Å². The van der Waals surface area contributed by atoms with Gasteiger partial charge in [0.25, 0.3) is 0 Å². The zero-order valence-electron chi connectivity index (χ0n) is 15.5. The van der Waals surface area contributed by atoms with Crippen LogP contribution in [0.1, 0.15) is 26.5 Å². The minimum absolute atomic E-state index is 0.105. The van der Waals surface area contributed by atoms with Gasteiger partial charge in [-0.25, -0.2) is 13.4 Å². The number of hydrogen-bond donors (Lipinski definition) is 1. The van der Waals surface area contributed by atoms with E-state index in [-0.39, 0.29) is 4.90 Å². The molecule has 0 atom stereocenters. The first-order chi connectivity index (χ1) is 12.9. The van der Waals surface area contributed by atoms with Crippen LogP contribution in [0.4, 0.5) is 5.69 Å². The zero-order valence-corrected chi connectivity index (χ0v) is 17.1. The summed E-state index contributed by atoms with van der Waals surface area (Å²) >= 11 is 1.43. The van der Waals surface area contributed by atoms with Crippen LogP contribution in [-0.2, 0) is 14.8 Å². The van der Waals surface area contributed by atoms with Crippen LogP contribution < -0.4 is 10.1 Å². The van der Waals surface area contributed by atoms with Crippen LogP contribution in [-0.4, -0.2) is 43.3 Å². The van der Waals surface area contributed by atoms with Crippen molar-refractivity contribution in [3.8, 4) is 5.75 Å². The Kier molecular flexibility index (Phi) is 7.52. The van der Waals surface area contributed by atoms with Gasteiger partial charge in [-0.1, -0.05) is 13.8 Å². The van der Waals surface area contributed by atoms with Gasteiger partial charge in [0.15, 0.2) is 0 Å². The largest absolute Gasteiger partial charge is 0.492 e. The van der Waals surface area contributed by atoms with E-state index in [1.54, 1.807) is 31.5 Å². The van der Waals surface area contributed by atoms with E-state index >= 15 is 0 Å². The van der Waals surface area contributed by atoms with Crippen molar-refractivity contribution in [3.05, 3.63) is 40.9 Å². The van der Waals surface area contributed by atoms with Gasteiger partial charge in [-0.05, 0) is 31.2 Å². The molecule has 2 aromatic rings. The van der Waals surface area contributed by atoms with Crippen molar-refractivity contribution in [2.45, 2.75) is 25.7 Å². The number of nitrogens with one attached hydrogen (secondary N) is 1. The molecular formula is C18H23N3O4S2. The molecule has 0 aliphatic carbocycles. The maximum Gasteiger partial charge on any atom is 0.248 e. The second kappa shape index (κ2) is 9.63. The third kappa shape index (κ3) is 5.38. The summed E-state index contributed by atoms with van der Waals surface area (Å²) in [5.41, 5.74) is 2.66. The van der Waals surface area contributed by atoms with Crippen LogP contribution in [0.15, 0.2) is 40.1 Å². The van der Waals surface area contributed by atoms with Crippen molar-refractivity contribution in [2.75, 3.05) is 25.0 Å². The molecule has 2 rings (SSSR count). The molecule has 1 amide bonds. The van der Waals surface area contributed by atoms with Crippen LogP contribution in [0.25, 0.3) is 6.08 Å². The summed E-state index contributed by atoms with van der Waals surface area (Å²) < 4.78 is 32.3. The SMILES string of the molecule is CCOc1ccc(S(=O)(=O)N(CC)CC)cc1NC(=O)/C=C/c1cscn1. The summed E-state index contributed by atoms with van der Waals surface area (Å²) in [5.74, 6) is 0.00717. The van der Waals surface area contributed by atoms with Crippen molar-refractivity contribution >= 4 is 39.0 Å². The van der Waals surface area contributed by atoms with Gasteiger partial charge in [-0.3, -0.25) is 4.79 Å². The van der Waals surface area contributed by atoms with Crippen molar-refractivity contribution in [1.82, 2.24) is 9.29 Å². The summed E-state index contributed by atoms with van der Waals surface area (Å²) in [4.78, 5) is 16.4. The smallest absolute Gasteiger partial charge is 0.248 e. The third-order valence-corrected chi connectivity index (χ3v) is 6.36. The maximum absolute atomic E-state index is 12.7. The molecule has 1 N–H and O–H groups in total. The quantitative estimate of drug-likeness (QED) is 0.643. The molecule has 27 heavy (non-hydrogen) atoms. The molecule has 0 unspecified atom stereocenters. The number of nitrogens with zero attached hydrogens (tertiary/aromatic N) is 2. The van der Waals surface area contributed by atoms with E-state index in [0.29, 0.717) is 36.8 Å². The lowest BCUT2D eigenvalue weighted by molar-refractivity contribution is -0.111. The van der Waals surface area contributed by atoms with E-state index in [0.717, 1.165) is 0 Å². The number of sulfonamides is 1. The van der Waals surface area contributed by atoms with Crippen LogP contribution in [0, 0.1) is 0 Å². The fourth-order valence-corrected chi connectivity index (χ4v) is 4.41. The van der Waals surface area contributed by atoms with Crippen molar-refractivity contribution in [3.63, 3.8) is 0 Å². The summed E-state index contributed by atoms with van der Waals surface area (Å²) in [7, 11) is -3.64. The topological polar surface area (TPSA) is 88.6 Å². The average molecular weight is 410 g/mol. The van der Waals surface area contributed by atoms with Gasteiger partial charge in [-0.2, -0.15) is 4.31 Å². The Hall–Kier alpha value is -2.23. The zero-order chi connectivity index (χ0) is 19.9. The number of hydrogen-bond acceptors (Lipinski definition) is 6. The van der Waals surface area contributed by atoms with E-state index in [2.05, 4.69) is 10.3 Å². The lowest BCUT2D eigenvalue weighted by atomic mass is 10.3. The molecule has 0 aliphatic heterocycles. The van der Waals surface area contributed by atoms with Gasteiger partial charge >= 0.3 is 0 Å². The van der Waals surface area contributed by atoms with Gasteiger partial charge in [0.1, 0.15) is 5.75 Å². The van der Waals surface area contributed by atoms with Crippen molar-refractivity contribution in [2.24, 2.45) is 0 Å². The average Bonchev–Trinajstić information content (AvgIpc) is 3.16. The highest BCUT2D eigenvalue weighted by atomic mass is 32.2. The molecule has 1 heterocycles. The van der Waals surface area contributed by atoms with Crippen molar-refractivity contribution in [1.29, 1.82) is 0 Å². The normalized spacial score (nSPS) is 11.9. The maximum atomic E-state index is 12.7. The third-order valence-electron chi connectivity index (χ3n) is 3.71. The van der Waals surface area contributed by atoms with Gasteiger partial charge in [0.05, 0.1) is 28.4 Å². The van der Waals surface area contributed by atoms with Crippen LogP contribution in [0.5, 0.6) is 5.75 Å². The van der Waals surface area contributed by atoms with Gasteiger partial charge < -0.3 is 10.1 Å². The molecule has 0 aliphatic rings. The Morgan fingerprint density at radius 1 is 1.30 bits per heavy atom. The first kappa shape index (κ1) is 21.1. The summed E-state index contributed by atoms with van der Waals surface area (Å²) in [6.45, 7) is 6.49. The number of anilines is 1. The lowest BCUT2D eigenvalue weighted by Crippen LogP contribution is -2.30. The van der Waals surface area contributed by atoms with E-state index in [4.69, 9.17) is 4.74 Å². The molecule has 146 valence electrons. The van der Waals surface area contributed by atoms with Gasteiger partial charge in [-0.15, -0.1) is 11.3 Å². The fourth-order valence-electron chi connectivity index (χ4n) is 2.40. The second-order valence-corrected chi connectivity index (χ2v) is 8.07. The molecule has 1 aromatic carbocycles. The molecule has 9 heteroatoms. The predicted molar refractivity (Wildman–Crippen MR) is 107 cm³/mol. The summed E-state index contributed by atoms with van der Waals surface area (Å²) in [6, 6.07) is 4.46. The van der Waals surface area contributed by atoms with E-state index in [1.165, 1.54) is 33.9 Å². The highest BCUT2D eigenvalue weighted by molar-refractivity contribution is 7.89. The number of carbonyl (C=O) groups excluding carboxylic acids is 1. The number of thiazole rings is 1. The Morgan fingerprint density at radius 3 is 2.63 bits per heavy atom. The Labute approximate surface area is 163 Å². The molecule has 0 saturated heterocycles. The predicted octanol–water partition coefficient (Wildman–Crippen LogP) is 3.22. The molecule has 0 saturated carbocycles. The highest BCUT2D eigenvalue weighted by Gasteiger charge is 2.23. The summed E-state index contributed by atoms with van der Waals surface area (Å²) in [6.07, 6.45) is 2.93. The second-order valence-electron chi connectivity index (χ2n) is 5.42. The first-order valence-corrected chi connectivity index (χ1v) is 10.9. The Bertz CT molecular complexity index is 889. The number of carbonyl (C=O) groups is 1. The monoisotopic (exact) mass is 409 g/mol. The fraction of sp³-hybridized carbons (Fsp3) is 0.333. The molecule has 0 bridgehead atoms. The minimum Gasteiger partial charge on any atom is -0.492 e. The van der Waals surface area contributed by atoms with E-state index < -0.39 is 15.9 Å². The minimum atomic E-state index is -3.64. The molecule has 1 aromatic heterocycles. The number of amides is 1. The number of benzene rings is 1. The number of ether oxygens (including phenoxy) is 1. The van der Waals surface area contributed by atoms with Crippen LogP contribution in [0.2, 0.25) is 0 Å². The molecule has 7 nitrogen and oxygen atoms in total. The van der Waals surface area contributed by atoms with Crippen molar-refractivity contribution < 1.29 is 17.9 Å². The molecule has 0 radical (unpaired) electrons. The number of rotatable bonds is 9. The summed E-state index contributed by atoms with van der Waals surface area (Å²) in [5, 5.41) is 4.50. The molecular weight excluding hydrogens is 386 g/mol. The Balaban J connectivity index is 2.31. The molecule has 0 spiro atoms. The van der Waals surface area contributed by atoms with Crippen LogP contribution >= 0.6 is 11.3 Å². The highest BCUT2D eigenvalue weighted by Crippen LogP contribution is 2.29.